The maximum absolute atomic E-state index is 12.0. The van der Waals surface area contributed by atoms with Crippen LogP contribution in [0.2, 0.25) is 0 Å². The van der Waals surface area contributed by atoms with Gasteiger partial charge in [0.2, 0.25) is 0 Å². The zero-order valence-electron chi connectivity index (χ0n) is 11.1. The van der Waals surface area contributed by atoms with Gasteiger partial charge in [0.25, 0.3) is 5.91 Å². The number of rotatable bonds is 3. The first-order chi connectivity index (χ1) is 8.50. The third-order valence-corrected chi connectivity index (χ3v) is 3.88. The molecule has 3 nitrogen and oxygen atoms in total. The molecule has 0 radical (unpaired) electrons. The van der Waals surface area contributed by atoms with Gasteiger partial charge >= 0.3 is 0 Å². The Morgan fingerprint density at radius 3 is 2.67 bits per heavy atom. The topological polar surface area (TPSA) is 49.3 Å². The maximum Gasteiger partial charge on any atom is 0.255 e. The molecule has 0 aliphatic heterocycles. The van der Waals surface area contributed by atoms with E-state index in [0.717, 1.165) is 5.56 Å². The lowest BCUT2D eigenvalue weighted by Gasteiger charge is -2.23. The van der Waals surface area contributed by atoms with Gasteiger partial charge in [0.15, 0.2) is 0 Å². The number of phenolic OH excluding ortho intramolecular Hbond substituents is 1. The van der Waals surface area contributed by atoms with Crippen molar-refractivity contribution in [3.63, 3.8) is 0 Å². The lowest BCUT2D eigenvalue weighted by atomic mass is 9.89. The fourth-order valence-corrected chi connectivity index (χ4v) is 2.63. The highest BCUT2D eigenvalue weighted by Gasteiger charge is 2.29. The van der Waals surface area contributed by atoms with E-state index >= 15 is 0 Å². The number of hydrogen-bond donors (Lipinski definition) is 2. The number of aromatic hydroxyl groups is 1. The van der Waals surface area contributed by atoms with E-state index in [-0.39, 0.29) is 17.1 Å². The van der Waals surface area contributed by atoms with Crippen LogP contribution in [0.4, 0.5) is 0 Å². The molecule has 1 aromatic carbocycles. The Balaban J connectivity index is 1.99. The molecule has 1 fully saturated rings. The first kappa shape index (κ1) is 12.9. The smallest absolute Gasteiger partial charge is 0.255 e. The molecule has 0 unspecified atom stereocenters. The largest absolute Gasteiger partial charge is 0.507 e. The predicted molar refractivity (Wildman–Crippen MR) is 71.8 cm³/mol. The third kappa shape index (κ3) is 2.84. The molecule has 0 bridgehead atoms. The molecule has 0 aromatic heterocycles. The summed E-state index contributed by atoms with van der Waals surface area (Å²) in [7, 11) is 0. The van der Waals surface area contributed by atoms with Gasteiger partial charge in [0, 0.05) is 6.54 Å². The molecule has 1 aliphatic carbocycles. The van der Waals surface area contributed by atoms with Crippen molar-refractivity contribution in [2.24, 2.45) is 5.41 Å². The van der Waals surface area contributed by atoms with Crippen molar-refractivity contribution in [1.29, 1.82) is 0 Å². The number of carbonyl (C=O) groups is 1. The summed E-state index contributed by atoms with van der Waals surface area (Å²) in [5.74, 6) is -0.121. The molecule has 2 N–H and O–H groups in total. The minimum atomic E-state index is -0.180. The molecule has 1 saturated carbocycles. The highest BCUT2D eigenvalue weighted by atomic mass is 16.3. The second kappa shape index (κ2) is 5.01. The molecule has 1 aliphatic rings. The monoisotopic (exact) mass is 247 g/mol. The molecule has 0 heterocycles. The molecule has 3 heteroatoms. The van der Waals surface area contributed by atoms with E-state index in [9.17, 15) is 9.90 Å². The number of nitrogens with one attached hydrogen (secondary N) is 1. The predicted octanol–water partition coefficient (Wildman–Crippen LogP) is 3.01. The van der Waals surface area contributed by atoms with Crippen molar-refractivity contribution in [2.45, 2.75) is 39.5 Å². The van der Waals surface area contributed by atoms with E-state index in [0.29, 0.717) is 12.1 Å². The summed E-state index contributed by atoms with van der Waals surface area (Å²) in [5.41, 5.74) is 1.55. The summed E-state index contributed by atoms with van der Waals surface area (Å²) in [4.78, 5) is 12.0. The Hall–Kier alpha value is -1.51. The SMILES string of the molecule is Cc1ccc(C(=O)NCC2(C)CCCC2)c(O)c1. The van der Waals surface area contributed by atoms with Crippen LogP contribution in [0, 0.1) is 12.3 Å². The van der Waals surface area contributed by atoms with E-state index in [4.69, 9.17) is 0 Å². The normalized spacial score (nSPS) is 17.7. The second-order valence-electron chi connectivity index (χ2n) is 5.72. The lowest BCUT2D eigenvalue weighted by molar-refractivity contribution is 0.0931. The molecule has 0 spiro atoms. The minimum absolute atomic E-state index is 0.0593. The maximum atomic E-state index is 12.0. The number of carbonyl (C=O) groups excluding carboxylic acids is 1. The molecular formula is C15H21NO2. The Kier molecular flexibility index (Phi) is 3.60. The number of benzene rings is 1. The van der Waals surface area contributed by atoms with Gasteiger partial charge in [-0.25, -0.2) is 0 Å². The van der Waals surface area contributed by atoms with E-state index < -0.39 is 0 Å². The summed E-state index contributed by atoms with van der Waals surface area (Å²) >= 11 is 0. The average molecular weight is 247 g/mol. The van der Waals surface area contributed by atoms with E-state index in [1.807, 2.05) is 13.0 Å². The lowest BCUT2D eigenvalue weighted by Crippen LogP contribution is -2.34. The Labute approximate surface area is 108 Å². The van der Waals surface area contributed by atoms with Gasteiger partial charge in [-0.05, 0) is 42.9 Å². The van der Waals surface area contributed by atoms with Crippen LogP contribution in [0.3, 0.4) is 0 Å². The summed E-state index contributed by atoms with van der Waals surface area (Å²) in [5, 5.41) is 12.7. The van der Waals surface area contributed by atoms with Gasteiger partial charge < -0.3 is 10.4 Å². The number of aryl methyl sites for hydroxylation is 1. The summed E-state index contributed by atoms with van der Waals surface area (Å²) < 4.78 is 0. The first-order valence-corrected chi connectivity index (χ1v) is 6.58. The first-order valence-electron chi connectivity index (χ1n) is 6.58. The fraction of sp³-hybridized carbons (Fsp3) is 0.533. The van der Waals surface area contributed by atoms with Crippen LogP contribution in [0.5, 0.6) is 5.75 Å². The van der Waals surface area contributed by atoms with Gasteiger partial charge in [-0.2, -0.15) is 0 Å². The highest BCUT2D eigenvalue weighted by molar-refractivity contribution is 5.96. The molecule has 1 amide bonds. The molecule has 2 rings (SSSR count). The highest BCUT2D eigenvalue weighted by Crippen LogP contribution is 2.36. The molecule has 0 atom stereocenters. The molecule has 18 heavy (non-hydrogen) atoms. The zero-order valence-corrected chi connectivity index (χ0v) is 11.1. The van der Waals surface area contributed by atoms with Crippen LogP contribution in [0.15, 0.2) is 18.2 Å². The van der Waals surface area contributed by atoms with E-state index in [2.05, 4.69) is 12.2 Å². The Morgan fingerprint density at radius 1 is 1.39 bits per heavy atom. The van der Waals surface area contributed by atoms with E-state index in [1.54, 1.807) is 12.1 Å². The summed E-state index contributed by atoms with van der Waals surface area (Å²) in [6.07, 6.45) is 4.85. The quantitative estimate of drug-likeness (QED) is 0.862. The average Bonchev–Trinajstić information content (AvgIpc) is 2.74. The van der Waals surface area contributed by atoms with Crippen LogP contribution in [-0.2, 0) is 0 Å². The minimum Gasteiger partial charge on any atom is -0.507 e. The number of amides is 1. The van der Waals surface area contributed by atoms with Crippen LogP contribution < -0.4 is 5.32 Å². The standard InChI is InChI=1S/C15H21NO2/c1-11-5-6-12(13(17)9-11)14(18)16-10-15(2)7-3-4-8-15/h5-6,9,17H,3-4,7-8,10H2,1-2H3,(H,16,18). The van der Waals surface area contributed by atoms with Crippen molar-refractivity contribution in [3.8, 4) is 5.75 Å². The van der Waals surface area contributed by atoms with Crippen molar-refractivity contribution in [2.75, 3.05) is 6.54 Å². The summed E-state index contributed by atoms with van der Waals surface area (Å²) in [6, 6.07) is 5.13. The van der Waals surface area contributed by atoms with Crippen molar-refractivity contribution in [1.82, 2.24) is 5.32 Å². The molecular weight excluding hydrogens is 226 g/mol. The van der Waals surface area contributed by atoms with Crippen molar-refractivity contribution in [3.05, 3.63) is 29.3 Å². The number of phenols is 1. The zero-order chi connectivity index (χ0) is 13.2. The van der Waals surface area contributed by atoms with Gasteiger partial charge in [-0.3, -0.25) is 4.79 Å². The van der Waals surface area contributed by atoms with E-state index in [1.165, 1.54) is 25.7 Å². The molecule has 0 saturated heterocycles. The number of hydrogen-bond acceptors (Lipinski definition) is 2. The molecule has 98 valence electrons. The van der Waals surface area contributed by atoms with Gasteiger partial charge in [0.1, 0.15) is 5.75 Å². The van der Waals surface area contributed by atoms with Crippen LogP contribution >= 0.6 is 0 Å². The van der Waals surface area contributed by atoms with Gasteiger partial charge in [-0.1, -0.05) is 25.8 Å². The Bertz CT molecular complexity index is 448. The van der Waals surface area contributed by atoms with Crippen LogP contribution in [0.25, 0.3) is 0 Å². The van der Waals surface area contributed by atoms with Crippen LogP contribution in [0.1, 0.15) is 48.5 Å². The second-order valence-corrected chi connectivity index (χ2v) is 5.72. The third-order valence-electron chi connectivity index (χ3n) is 3.88. The van der Waals surface area contributed by atoms with Crippen molar-refractivity contribution < 1.29 is 9.90 Å². The van der Waals surface area contributed by atoms with Crippen LogP contribution in [-0.4, -0.2) is 17.6 Å². The molecule has 1 aromatic rings. The van der Waals surface area contributed by atoms with Crippen molar-refractivity contribution >= 4 is 5.91 Å². The summed E-state index contributed by atoms with van der Waals surface area (Å²) in [6.45, 7) is 4.80. The Morgan fingerprint density at radius 2 is 2.06 bits per heavy atom. The van der Waals surface area contributed by atoms with Gasteiger partial charge in [-0.15, -0.1) is 0 Å². The van der Waals surface area contributed by atoms with Gasteiger partial charge in [0.05, 0.1) is 5.56 Å². The fourth-order valence-electron chi connectivity index (χ4n) is 2.63.